The van der Waals surface area contributed by atoms with Crippen molar-refractivity contribution in [3.63, 3.8) is 0 Å². The quantitative estimate of drug-likeness (QED) is 0.844. The minimum Gasteiger partial charge on any atom is -0.480 e. The highest BCUT2D eigenvalue weighted by Crippen LogP contribution is 2.31. The molecule has 2 fully saturated rings. The minimum atomic E-state index is -3.64. The van der Waals surface area contributed by atoms with Crippen molar-refractivity contribution in [2.45, 2.75) is 49.5 Å². The maximum atomic E-state index is 12.9. The summed E-state index contributed by atoms with van der Waals surface area (Å²) < 4.78 is 28.6. The zero-order valence-electron chi connectivity index (χ0n) is 15.1. The topological polar surface area (TPSA) is 99.9 Å². The van der Waals surface area contributed by atoms with Crippen molar-refractivity contribution >= 4 is 21.9 Å². The van der Waals surface area contributed by atoms with Crippen LogP contribution in [0.5, 0.6) is 0 Å². The van der Waals surface area contributed by atoms with Crippen molar-refractivity contribution in [2.24, 2.45) is 7.05 Å². The second-order valence-electron chi connectivity index (χ2n) is 7.28. The Hall–Kier alpha value is -1.87. The lowest BCUT2D eigenvalue weighted by atomic mass is 9.99. The van der Waals surface area contributed by atoms with Crippen LogP contribution in [0.3, 0.4) is 0 Å². The van der Waals surface area contributed by atoms with Gasteiger partial charge in [-0.3, -0.25) is 4.79 Å². The van der Waals surface area contributed by atoms with Crippen molar-refractivity contribution < 1.29 is 23.1 Å². The third-order valence-electron chi connectivity index (χ3n) is 5.50. The van der Waals surface area contributed by atoms with Crippen LogP contribution in [-0.4, -0.2) is 64.3 Å². The number of aryl methyl sites for hydroxylation is 1. The number of aliphatic carboxylic acids is 1. The van der Waals surface area contributed by atoms with Gasteiger partial charge in [0.2, 0.25) is 10.0 Å². The van der Waals surface area contributed by atoms with Crippen LogP contribution in [-0.2, 0) is 21.9 Å². The first-order valence-electron chi connectivity index (χ1n) is 8.90. The molecular weight excluding hydrogens is 358 g/mol. The SMILES string of the molecule is Cn1cc(S(=O)(=O)N2CCCCC2)cc1C(=O)N1CCCC1(C)C(=O)O. The van der Waals surface area contributed by atoms with E-state index in [2.05, 4.69) is 0 Å². The summed E-state index contributed by atoms with van der Waals surface area (Å²) in [5, 5.41) is 9.51. The van der Waals surface area contributed by atoms with Gasteiger partial charge in [0.1, 0.15) is 16.1 Å². The van der Waals surface area contributed by atoms with Crippen LogP contribution in [0.4, 0.5) is 0 Å². The van der Waals surface area contributed by atoms with E-state index in [4.69, 9.17) is 0 Å². The molecule has 2 aliphatic rings. The number of hydrogen-bond donors (Lipinski definition) is 1. The summed E-state index contributed by atoms with van der Waals surface area (Å²) in [6, 6.07) is 1.37. The Morgan fingerprint density at radius 3 is 2.38 bits per heavy atom. The number of aromatic nitrogens is 1. The molecule has 0 spiro atoms. The van der Waals surface area contributed by atoms with Gasteiger partial charge in [-0.15, -0.1) is 0 Å². The summed E-state index contributed by atoms with van der Waals surface area (Å²) in [5.41, 5.74) is -1.07. The molecule has 1 aromatic heterocycles. The van der Waals surface area contributed by atoms with E-state index in [9.17, 15) is 23.1 Å². The number of amides is 1. The number of nitrogens with zero attached hydrogens (tertiary/aromatic N) is 3. The van der Waals surface area contributed by atoms with Crippen molar-refractivity contribution in [3.8, 4) is 0 Å². The van der Waals surface area contributed by atoms with Gasteiger partial charge in [-0.2, -0.15) is 4.31 Å². The molecule has 3 heterocycles. The Balaban J connectivity index is 1.91. The van der Waals surface area contributed by atoms with Gasteiger partial charge in [0.05, 0.1) is 0 Å². The van der Waals surface area contributed by atoms with E-state index < -0.39 is 27.4 Å². The number of hydrogen-bond acceptors (Lipinski definition) is 4. The van der Waals surface area contributed by atoms with Gasteiger partial charge in [-0.25, -0.2) is 13.2 Å². The Morgan fingerprint density at radius 2 is 1.77 bits per heavy atom. The van der Waals surface area contributed by atoms with Crippen molar-refractivity contribution in [2.75, 3.05) is 19.6 Å². The molecule has 144 valence electrons. The normalized spacial score (nSPS) is 24.8. The first-order chi connectivity index (χ1) is 12.2. The third-order valence-corrected chi connectivity index (χ3v) is 7.36. The first-order valence-corrected chi connectivity index (χ1v) is 10.3. The van der Waals surface area contributed by atoms with Gasteiger partial charge in [0.25, 0.3) is 5.91 Å². The molecular formula is C17H25N3O5S. The molecule has 2 aliphatic heterocycles. The van der Waals surface area contributed by atoms with E-state index in [1.54, 1.807) is 7.05 Å². The highest BCUT2D eigenvalue weighted by molar-refractivity contribution is 7.89. The second-order valence-corrected chi connectivity index (χ2v) is 9.21. The number of piperidine rings is 1. The molecule has 2 saturated heterocycles. The van der Waals surface area contributed by atoms with Crippen LogP contribution in [0.1, 0.15) is 49.5 Å². The Labute approximate surface area is 153 Å². The smallest absolute Gasteiger partial charge is 0.329 e. The highest BCUT2D eigenvalue weighted by Gasteiger charge is 2.46. The fourth-order valence-corrected chi connectivity index (χ4v) is 5.38. The molecule has 1 atom stereocenters. The van der Waals surface area contributed by atoms with Gasteiger partial charge in [0.15, 0.2) is 0 Å². The zero-order valence-corrected chi connectivity index (χ0v) is 16.0. The van der Waals surface area contributed by atoms with Crippen LogP contribution < -0.4 is 0 Å². The van der Waals surface area contributed by atoms with Crippen LogP contribution in [0.15, 0.2) is 17.2 Å². The summed E-state index contributed by atoms with van der Waals surface area (Å²) in [7, 11) is -2.03. The number of carbonyl (C=O) groups is 2. The molecule has 1 N–H and O–H groups in total. The molecule has 26 heavy (non-hydrogen) atoms. The third kappa shape index (κ3) is 3.03. The molecule has 0 bridgehead atoms. The molecule has 1 aromatic rings. The molecule has 3 rings (SSSR count). The lowest BCUT2D eigenvalue weighted by Crippen LogP contribution is -2.51. The number of carbonyl (C=O) groups excluding carboxylic acids is 1. The van der Waals surface area contributed by atoms with Crippen LogP contribution in [0, 0.1) is 0 Å². The Bertz CT molecular complexity index is 825. The first kappa shape index (κ1) is 18.9. The fourth-order valence-electron chi connectivity index (χ4n) is 3.79. The van der Waals surface area contributed by atoms with Crippen molar-refractivity contribution in [1.29, 1.82) is 0 Å². The van der Waals surface area contributed by atoms with Gasteiger partial charge in [-0.1, -0.05) is 6.42 Å². The second kappa shape index (κ2) is 6.70. The standard InChI is InChI=1S/C17H25N3O5S/c1-17(16(22)23)7-6-10-20(17)15(21)14-11-13(12-18(14)2)26(24,25)19-8-4-3-5-9-19/h11-12H,3-10H2,1-2H3,(H,22,23). The largest absolute Gasteiger partial charge is 0.480 e. The Morgan fingerprint density at radius 1 is 1.12 bits per heavy atom. The molecule has 0 saturated carbocycles. The fraction of sp³-hybridized carbons (Fsp3) is 0.647. The van der Waals surface area contributed by atoms with Crippen molar-refractivity contribution in [3.05, 3.63) is 18.0 Å². The molecule has 0 radical (unpaired) electrons. The van der Waals surface area contributed by atoms with E-state index in [1.165, 1.54) is 33.0 Å². The lowest BCUT2D eigenvalue weighted by molar-refractivity contribution is -0.147. The molecule has 0 aliphatic carbocycles. The molecule has 1 unspecified atom stereocenters. The highest BCUT2D eigenvalue weighted by atomic mass is 32.2. The number of carboxylic acids is 1. The molecule has 0 aromatic carbocycles. The lowest BCUT2D eigenvalue weighted by Gasteiger charge is -2.31. The van der Waals surface area contributed by atoms with Crippen molar-refractivity contribution in [1.82, 2.24) is 13.8 Å². The summed E-state index contributed by atoms with van der Waals surface area (Å²) in [6.07, 6.45) is 5.12. The zero-order chi connectivity index (χ0) is 19.1. The molecule has 8 nitrogen and oxygen atoms in total. The van der Waals surface area contributed by atoms with Gasteiger partial charge in [-0.05, 0) is 38.7 Å². The molecule has 1 amide bonds. The van der Waals surface area contributed by atoms with E-state index in [0.29, 0.717) is 32.5 Å². The van der Waals surface area contributed by atoms with E-state index in [0.717, 1.165) is 19.3 Å². The van der Waals surface area contributed by atoms with Gasteiger partial charge < -0.3 is 14.6 Å². The summed E-state index contributed by atoms with van der Waals surface area (Å²) in [6.45, 7) is 2.86. The summed E-state index contributed by atoms with van der Waals surface area (Å²) in [4.78, 5) is 26.0. The number of rotatable bonds is 4. The number of sulfonamides is 1. The number of likely N-dealkylation sites (tertiary alicyclic amines) is 1. The van der Waals surface area contributed by atoms with E-state index >= 15 is 0 Å². The van der Waals surface area contributed by atoms with Crippen LogP contribution in [0.25, 0.3) is 0 Å². The average molecular weight is 383 g/mol. The average Bonchev–Trinajstić information content (AvgIpc) is 3.19. The van der Waals surface area contributed by atoms with Crippen LogP contribution >= 0.6 is 0 Å². The van der Waals surface area contributed by atoms with E-state index in [1.807, 2.05) is 0 Å². The van der Waals surface area contributed by atoms with Crippen LogP contribution in [0.2, 0.25) is 0 Å². The minimum absolute atomic E-state index is 0.0847. The monoisotopic (exact) mass is 383 g/mol. The number of carboxylic acid groups (broad SMARTS) is 1. The summed E-state index contributed by atoms with van der Waals surface area (Å²) in [5.74, 6) is -1.49. The Kier molecular flexibility index (Phi) is 4.87. The maximum absolute atomic E-state index is 12.9. The predicted octanol–water partition coefficient (Wildman–Crippen LogP) is 1.28. The maximum Gasteiger partial charge on any atom is 0.329 e. The summed E-state index contributed by atoms with van der Waals surface area (Å²) >= 11 is 0. The van der Waals surface area contributed by atoms with E-state index in [-0.39, 0.29) is 10.6 Å². The van der Waals surface area contributed by atoms with Gasteiger partial charge >= 0.3 is 5.97 Å². The molecule has 9 heteroatoms. The predicted molar refractivity (Wildman–Crippen MR) is 94.3 cm³/mol. The van der Waals surface area contributed by atoms with Gasteiger partial charge in [0, 0.05) is 32.9 Å².